The molecule has 0 aliphatic rings. The second kappa shape index (κ2) is 6.77. The Balaban J connectivity index is 2.08. The lowest BCUT2D eigenvalue weighted by Crippen LogP contribution is -2.43. The molecule has 0 saturated heterocycles. The zero-order valence-electron chi connectivity index (χ0n) is 11.9. The van der Waals surface area contributed by atoms with Crippen LogP contribution in [0.3, 0.4) is 0 Å². The standard InChI is InChI=1S/C13H18N4O3S/c1-9(10(8-18)21-2)14-12(19)7-17-13(20)16-6-4-3-5-11(16)15-17/h3-6,9-10,18H,7-8H2,1-2H3,(H,14,19). The molecule has 2 atom stereocenters. The van der Waals surface area contributed by atoms with Crippen LogP contribution in [0.5, 0.6) is 0 Å². The van der Waals surface area contributed by atoms with E-state index >= 15 is 0 Å². The number of carbonyl (C=O) groups is 1. The van der Waals surface area contributed by atoms with Crippen molar-refractivity contribution in [3.63, 3.8) is 0 Å². The van der Waals surface area contributed by atoms with Crippen molar-refractivity contribution in [1.82, 2.24) is 19.5 Å². The Morgan fingerprint density at radius 2 is 2.29 bits per heavy atom. The average Bonchev–Trinajstić information content (AvgIpc) is 2.77. The highest BCUT2D eigenvalue weighted by Crippen LogP contribution is 2.10. The maximum absolute atomic E-state index is 12.0. The fourth-order valence-electron chi connectivity index (χ4n) is 2.04. The van der Waals surface area contributed by atoms with E-state index in [0.29, 0.717) is 5.65 Å². The van der Waals surface area contributed by atoms with Crippen molar-refractivity contribution in [2.24, 2.45) is 0 Å². The van der Waals surface area contributed by atoms with Gasteiger partial charge in [-0.05, 0) is 25.3 Å². The maximum atomic E-state index is 12.0. The number of rotatable bonds is 6. The summed E-state index contributed by atoms with van der Waals surface area (Å²) in [5.41, 5.74) is 0.151. The number of aliphatic hydroxyl groups excluding tert-OH is 1. The third kappa shape index (κ3) is 3.45. The number of amides is 1. The van der Waals surface area contributed by atoms with Gasteiger partial charge in [-0.3, -0.25) is 9.20 Å². The van der Waals surface area contributed by atoms with Crippen molar-refractivity contribution in [2.45, 2.75) is 24.8 Å². The van der Waals surface area contributed by atoms with Crippen LogP contribution >= 0.6 is 11.8 Å². The van der Waals surface area contributed by atoms with E-state index in [4.69, 9.17) is 0 Å². The summed E-state index contributed by atoms with van der Waals surface area (Å²) in [4.78, 5) is 24.0. The number of fused-ring (bicyclic) bond motifs is 1. The molecule has 0 aliphatic heterocycles. The van der Waals surface area contributed by atoms with Crippen LogP contribution in [-0.4, -0.2) is 49.3 Å². The van der Waals surface area contributed by atoms with E-state index in [-0.39, 0.29) is 36.0 Å². The molecule has 114 valence electrons. The van der Waals surface area contributed by atoms with E-state index in [0.717, 1.165) is 4.68 Å². The molecule has 0 fully saturated rings. The minimum Gasteiger partial charge on any atom is -0.395 e. The van der Waals surface area contributed by atoms with Crippen LogP contribution in [0.2, 0.25) is 0 Å². The molecule has 2 heterocycles. The third-order valence-electron chi connectivity index (χ3n) is 3.21. The van der Waals surface area contributed by atoms with Crippen molar-refractivity contribution in [3.05, 3.63) is 34.9 Å². The summed E-state index contributed by atoms with van der Waals surface area (Å²) >= 11 is 1.48. The number of carbonyl (C=O) groups excluding carboxylic acids is 1. The summed E-state index contributed by atoms with van der Waals surface area (Å²) < 4.78 is 2.51. The third-order valence-corrected chi connectivity index (χ3v) is 4.37. The molecular formula is C13H18N4O3S. The average molecular weight is 310 g/mol. The van der Waals surface area contributed by atoms with Gasteiger partial charge in [0.15, 0.2) is 5.65 Å². The van der Waals surface area contributed by atoms with Gasteiger partial charge >= 0.3 is 5.69 Å². The molecule has 1 amide bonds. The van der Waals surface area contributed by atoms with E-state index in [1.165, 1.54) is 16.2 Å². The predicted molar refractivity (Wildman–Crippen MR) is 81.4 cm³/mol. The van der Waals surface area contributed by atoms with Crippen LogP contribution in [0.4, 0.5) is 0 Å². The predicted octanol–water partition coefficient (Wildman–Crippen LogP) is -0.275. The Hall–Kier alpha value is -1.80. The lowest BCUT2D eigenvalue weighted by atomic mass is 10.2. The first-order valence-corrected chi connectivity index (χ1v) is 7.83. The lowest BCUT2D eigenvalue weighted by Gasteiger charge is -2.21. The quantitative estimate of drug-likeness (QED) is 0.766. The maximum Gasteiger partial charge on any atom is 0.350 e. The highest BCUT2D eigenvalue weighted by Gasteiger charge is 2.18. The zero-order chi connectivity index (χ0) is 15.4. The fourth-order valence-corrected chi connectivity index (χ4v) is 2.66. The summed E-state index contributed by atoms with van der Waals surface area (Å²) in [6.07, 6.45) is 3.48. The molecule has 0 aliphatic carbocycles. The monoisotopic (exact) mass is 310 g/mol. The molecule has 7 nitrogen and oxygen atoms in total. The van der Waals surface area contributed by atoms with Crippen molar-refractivity contribution in [1.29, 1.82) is 0 Å². The van der Waals surface area contributed by atoms with Gasteiger partial charge in [0.2, 0.25) is 5.91 Å². The van der Waals surface area contributed by atoms with Gasteiger partial charge in [-0.2, -0.15) is 11.8 Å². The first-order chi connectivity index (χ1) is 10.1. The first kappa shape index (κ1) is 15.6. The lowest BCUT2D eigenvalue weighted by molar-refractivity contribution is -0.122. The van der Waals surface area contributed by atoms with E-state index in [1.807, 2.05) is 13.2 Å². The van der Waals surface area contributed by atoms with Crippen molar-refractivity contribution >= 4 is 23.3 Å². The summed E-state index contributed by atoms with van der Waals surface area (Å²) in [7, 11) is 0. The molecule has 2 rings (SSSR count). The van der Waals surface area contributed by atoms with Gasteiger partial charge < -0.3 is 10.4 Å². The number of thioether (sulfide) groups is 1. The van der Waals surface area contributed by atoms with Crippen LogP contribution in [0.15, 0.2) is 29.2 Å². The van der Waals surface area contributed by atoms with Crippen LogP contribution in [0.25, 0.3) is 5.65 Å². The molecule has 0 bridgehead atoms. The van der Waals surface area contributed by atoms with E-state index < -0.39 is 0 Å². The second-order valence-electron chi connectivity index (χ2n) is 4.68. The molecule has 0 aromatic carbocycles. The van der Waals surface area contributed by atoms with E-state index in [9.17, 15) is 14.7 Å². The molecular weight excluding hydrogens is 292 g/mol. The Morgan fingerprint density at radius 1 is 1.52 bits per heavy atom. The number of nitrogens with zero attached hydrogens (tertiary/aromatic N) is 3. The number of aliphatic hydroxyl groups is 1. The van der Waals surface area contributed by atoms with E-state index in [1.54, 1.807) is 24.4 Å². The van der Waals surface area contributed by atoms with Gasteiger partial charge in [0.25, 0.3) is 0 Å². The van der Waals surface area contributed by atoms with Gasteiger partial charge in [-0.15, -0.1) is 5.10 Å². The number of hydrogen-bond acceptors (Lipinski definition) is 5. The Morgan fingerprint density at radius 3 is 2.90 bits per heavy atom. The molecule has 2 unspecified atom stereocenters. The molecule has 0 radical (unpaired) electrons. The van der Waals surface area contributed by atoms with Crippen LogP contribution < -0.4 is 11.0 Å². The Kier molecular flexibility index (Phi) is 5.03. The number of pyridine rings is 1. The van der Waals surface area contributed by atoms with Gasteiger partial charge in [0.05, 0.1) is 6.61 Å². The Labute approximate surface area is 126 Å². The van der Waals surface area contributed by atoms with Crippen LogP contribution in [0, 0.1) is 0 Å². The molecule has 0 spiro atoms. The van der Waals surface area contributed by atoms with E-state index in [2.05, 4.69) is 10.4 Å². The minimum absolute atomic E-state index is 0.0169. The molecule has 0 saturated carbocycles. The second-order valence-corrected chi connectivity index (χ2v) is 5.76. The van der Waals surface area contributed by atoms with Crippen LogP contribution in [0.1, 0.15) is 6.92 Å². The van der Waals surface area contributed by atoms with Crippen molar-refractivity contribution in [3.8, 4) is 0 Å². The largest absolute Gasteiger partial charge is 0.395 e. The molecule has 8 heteroatoms. The number of hydrogen-bond donors (Lipinski definition) is 2. The Bertz CT molecular complexity index is 677. The smallest absolute Gasteiger partial charge is 0.350 e. The fraction of sp³-hybridized carbons (Fsp3) is 0.462. The molecule has 2 aromatic heterocycles. The minimum atomic E-state index is -0.350. The summed E-state index contributed by atoms with van der Waals surface area (Å²) in [6, 6.07) is 5.02. The molecule has 2 N–H and O–H groups in total. The number of nitrogens with one attached hydrogen (secondary N) is 1. The van der Waals surface area contributed by atoms with Crippen molar-refractivity contribution in [2.75, 3.05) is 12.9 Å². The van der Waals surface area contributed by atoms with Gasteiger partial charge in [-0.25, -0.2) is 9.48 Å². The summed E-state index contributed by atoms with van der Waals surface area (Å²) in [6.45, 7) is 1.66. The van der Waals surface area contributed by atoms with Gasteiger partial charge in [0.1, 0.15) is 6.54 Å². The topological polar surface area (TPSA) is 88.6 Å². The number of aromatic nitrogens is 3. The van der Waals surface area contributed by atoms with Crippen LogP contribution in [-0.2, 0) is 11.3 Å². The highest BCUT2D eigenvalue weighted by molar-refractivity contribution is 7.99. The first-order valence-electron chi connectivity index (χ1n) is 6.54. The summed E-state index contributed by atoms with van der Waals surface area (Å²) in [5.74, 6) is -0.305. The SMILES string of the molecule is CSC(CO)C(C)NC(=O)Cn1nc2ccccn2c1=O. The zero-order valence-corrected chi connectivity index (χ0v) is 12.7. The molecule has 2 aromatic rings. The summed E-state index contributed by atoms with van der Waals surface area (Å²) in [5, 5.41) is 16.0. The van der Waals surface area contributed by atoms with Gasteiger partial charge in [0, 0.05) is 17.5 Å². The molecule has 21 heavy (non-hydrogen) atoms. The van der Waals surface area contributed by atoms with Gasteiger partial charge in [-0.1, -0.05) is 6.07 Å². The van der Waals surface area contributed by atoms with Crippen molar-refractivity contribution < 1.29 is 9.90 Å². The normalized spacial score (nSPS) is 14.0. The highest BCUT2D eigenvalue weighted by atomic mass is 32.2.